The second-order valence-corrected chi connectivity index (χ2v) is 5.21. The lowest BCUT2D eigenvalue weighted by molar-refractivity contribution is 0.0393. The van der Waals surface area contributed by atoms with E-state index in [4.69, 9.17) is 4.74 Å². The third kappa shape index (κ3) is 3.56. The van der Waals surface area contributed by atoms with E-state index >= 15 is 0 Å². The fraction of sp³-hybridized carbons (Fsp3) is 0.643. The predicted octanol–water partition coefficient (Wildman–Crippen LogP) is 0.0985. The molecular weight excluding hydrogens is 288 g/mol. The Balaban J connectivity index is 2.38. The average molecular weight is 310 g/mol. The standard InChI is InChI=1S/C14H22N4O4/c1-3-4-5-18-13(20)11(12(19)15-14(18)21)10(2)16-17-6-8-22-9-7-17/h20H,3-9H2,1-2H3,(H,15,19,21)/b16-10+. The second kappa shape index (κ2) is 7.26. The third-order valence-corrected chi connectivity index (χ3v) is 3.55. The van der Waals surface area contributed by atoms with E-state index in [1.165, 1.54) is 4.57 Å². The number of aromatic nitrogens is 2. The van der Waals surface area contributed by atoms with Crippen LogP contribution in [-0.2, 0) is 11.3 Å². The van der Waals surface area contributed by atoms with Crippen LogP contribution in [0.1, 0.15) is 32.3 Å². The van der Waals surface area contributed by atoms with Gasteiger partial charge in [0.05, 0.1) is 32.0 Å². The lowest BCUT2D eigenvalue weighted by Crippen LogP contribution is -2.36. The van der Waals surface area contributed by atoms with Gasteiger partial charge in [-0.25, -0.2) is 4.79 Å². The molecule has 2 rings (SSSR count). The van der Waals surface area contributed by atoms with Crippen molar-refractivity contribution < 1.29 is 9.84 Å². The minimum atomic E-state index is -0.621. The maximum Gasteiger partial charge on any atom is 0.331 e. The lowest BCUT2D eigenvalue weighted by atomic mass is 10.2. The summed E-state index contributed by atoms with van der Waals surface area (Å²) < 4.78 is 6.42. The van der Waals surface area contributed by atoms with Crippen LogP contribution in [0.5, 0.6) is 5.88 Å². The molecule has 0 saturated carbocycles. The quantitative estimate of drug-likeness (QED) is 0.751. The van der Waals surface area contributed by atoms with Crippen molar-refractivity contribution in [3.8, 4) is 5.88 Å². The maximum atomic E-state index is 12.0. The zero-order valence-corrected chi connectivity index (χ0v) is 13.0. The number of H-pyrrole nitrogens is 1. The van der Waals surface area contributed by atoms with E-state index < -0.39 is 11.2 Å². The Labute approximate surface area is 128 Å². The van der Waals surface area contributed by atoms with Gasteiger partial charge in [0, 0.05) is 6.54 Å². The van der Waals surface area contributed by atoms with E-state index in [2.05, 4.69) is 10.1 Å². The Morgan fingerprint density at radius 3 is 2.68 bits per heavy atom. The Bertz CT molecular complexity index is 656. The zero-order chi connectivity index (χ0) is 16.1. The van der Waals surface area contributed by atoms with Gasteiger partial charge in [-0.1, -0.05) is 13.3 Å². The molecule has 1 saturated heterocycles. The number of aromatic amines is 1. The number of rotatable bonds is 5. The highest BCUT2D eigenvalue weighted by atomic mass is 16.5. The molecule has 122 valence electrons. The number of unbranched alkanes of at least 4 members (excludes halogenated alkanes) is 1. The summed E-state index contributed by atoms with van der Waals surface area (Å²) >= 11 is 0. The van der Waals surface area contributed by atoms with Gasteiger partial charge in [0.2, 0.25) is 5.88 Å². The smallest absolute Gasteiger partial charge is 0.331 e. The van der Waals surface area contributed by atoms with E-state index in [0.717, 1.165) is 12.8 Å². The summed E-state index contributed by atoms with van der Waals surface area (Å²) in [5.41, 5.74) is -0.795. The fourth-order valence-corrected chi connectivity index (χ4v) is 2.33. The van der Waals surface area contributed by atoms with Gasteiger partial charge in [0.1, 0.15) is 5.56 Å². The summed E-state index contributed by atoms with van der Waals surface area (Å²) in [5, 5.41) is 16.4. The number of aromatic hydroxyl groups is 1. The van der Waals surface area contributed by atoms with E-state index in [0.29, 0.717) is 38.6 Å². The van der Waals surface area contributed by atoms with Crippen molar-refractivity contribution in [1.29, 1.82) is 0 Å². The number of hydrazone groups is 1. The molecule has 8 nitrogen and oxygen atoms in total. The van der Waals surface area contributed by atoms with Gasteiger partial charge < -0.3 is 9.84 Å². The van der Waals surface area contributed by atoms with Crippen LogP contribution in [0.3, 0.4) is 0 Å². The molecule has 1 aliphatic rings. The summed E-state index contributed by atoms with van der Waals surface area (Å²) in [6.07, 6.45) is 1.61. The molecule has 0 aliphatic carbocycles. The monoisotopic (exact) mass is 310 g/mol. The van der Waals surface area contributed by atoms with Gasteiger partial charge >= 0.3 is 5.69 Å². The molecule has 0 amide bonds. The summed E-state index contributed by atoms with van der Waals surface area (Å²) in [6, 6.07) is 0. The number of hydrogen-bond donors (Lipinski definition) is 2. The molecule has 0 unspecified atom stereocenters. The molecule has 1 fully saturated rings. The average Bonchev–Trinajstić information content (AvgIpc) is 2.47. The van der Waals surface area contributed by atoms with E-state index in [-0.39, 0.29) is 11.4 Å². The Morgan fingerprint density at radius 2 is 2.05 bits per heavy atom. The van der Waals surface area contributed by atoms with Crippen LogP contribution in [-0.4, -0.2) is 51.7 Å². The SMILES string of the molecule is CCCCn1c(O)c(/C(C)=N/N2CCOCC2)c(=O)[nH]c1=O. The van der Waals surface area contributed by atoms with Gasteiger partial charge in [-0.05, 0) is 13.3 Å². The Kier molecular flexibility index (Phi) is 5.37. The molecule has 1 aliphatic heterocycles. The summed E-state index contributed by atoms with van der Waals surface area (Å²) in [6.45, 7) is 6.41. The van der Waals surface area contributed by atoms with Gasteiger partial charge in [-0.3, -0.25) is 19.4 Å². The van der Waals surface area contributed by atoms with Gasteiger partial charge in [0.25, 0.3) is 5.56 Å². The molecule has 22 heavy (non-hydrogen) atoms. The summed E-state index contributed by atoms with van der Waals surface area (Å²) in [4.78, 5) is 26.1. The van der Waals surface area contributed by atoms with Crippen molar-refractivity contribution in [3.05, 3.63) is 26.4 Å². The molecule has 1 aromatic heterocycles. The van der Waals surface area contributed by atoms with E-state index in [1.54, 1.807) is 11.9 Å². The summed E-state index contributed by atoms with van der Waals surface area (Å²) in [7, 11) is 0. The van der Waals surface area contributed by atoms with Crippen LogP contribution in [0.15, 0.2) is 14.7 Å². The molecule has 1 aromatic rings. The van der Waals surface area contributed by atoms with Crippen LogP contribution in [0, 0.1) is 0 Å². The maximum absolute atomic E-state index is 12.0. The first-order valence-electron chi connectivity index (χ1n) is 7.49. The molecule has 2 heterocycles. The van der Waals surface area contributed by atoms with Crippen LogP contribution in [0.2, 0.25) is 0 Å². The van der Waals surface area contributed by atoms with Crippen LogP contribution in [0.4, 0.5) is 0 Å². The third-order valence-electron chi connectivity index (χ3n) is 3.55. The van der Waals surface area contributed by atoms with Gasteiger partial charge in [-0.2, -0.15) is 5.10 Å². The molecule has 0 bridgehead atoms. The van der Waals surface area contributed by atoms with Gasteiger partial charge in [-0.15, -0.1) is 0 Å². The van der Waals surface area contributed by atoms with Crippen molar-refractivity contribution in [2.24, 2.45) is 5.10 Å². The zero-order valence-electron chi connectivity index (χ0n) is 13.0. The second-order valence-electron chi connectivity index (χ2n) is 5.21. The first kappa shape index (κ1) is 16.3. The highest BCUT2D eigenvalue weighted by molar-refractivity contribution is 6.00. The molecule has 0 radical (unpaired) electrons. The molecule has 8 heteroatoms. The molecule has 0 aromatic carbocycles. The minimum absolute atomic E-state index is 0.0437. The van der Waals surface area contributed by atoms with Crippen LogP contribution >= 0.6 is 0 Å². The fourth-order valence-electron chi connectivity index (χ4n) is 2.33. The number of nitrogens with zero attached hydrogens (tertiary/aromatic N) is 3. The molecule has 2 N–H and O–H groups in total. The van der Waals surface area contributed by atoms with Gasteiger partial charge in [0.15, 0.2) is 0 Å². The highest BCUT2D eigenvalue weighted by Crippen LogP contribution is 2.13. The number of morpholine rings is 1. The molecule has 0 atom stereocenters. The van der Waals surface area contributed by atoms with E-state index in [1.807, 2.05) is 6.92 Å². The predicted molar refractivity (Wildman–Crippen MR) is 82.5 cm³/mol. The number of ether oxygens (including phenoxy) is 1. The summed E-state index contributed by atoms with van der Waals surface area (Å²) in [5.74, 6) is -0.322. The van der Waals surface area contributed by atoms with Crippen LogP contribution in [0.25, 0.3) is 0 Å². The van der Waals surface area contributed by atoms with E-state index in [9.17, 15) is 14.7 Å². The molecular formula is C14H22N4O4. The van der Waals surface area contributed by atoms with Crippen molar-refractivity contribution >= 4 is 5.71 Å². The number of nitrogens with one attached hydrogen (secondary N) is 1. The Morgan fingerprint density at radius 1 is 1.36 bits per heavy atom. The lowest BCUT2D eigenvalue weighted by Gasteiger charge is -2.24. The van der Waals surface area contributed by atoms with Crippen molar-refractivity contribution in [2.75, 3.05) is 26.3 Å². The van der Waals surface area contributed by atoms with Crippen LogP contribution < -0.4 is 11.2 Å². The largest absolute Gasteiger partial charge is 0.494 e. The first-order valence-corrected chi connectivity index (χ1v) is 7.49. The van der Waals surface area contributed by atoms with Crippen molar-refractivity contribution in [2.45, 2.75) is 33.2 Å². The van der Waals surface area contributed by atoms with Crippen molar-refractivity contribution in [1.82, 2.24) is 14.6 Å². The topological polar surface area (TPSA) is 99.9 Å². The molecule has 0 spiro atoms. The highest BCUT2D eigenvalue weighted by Gasteiger charge is 2.18. The van der Waals surface area contributed by atoms with Crippen molar-refractivity contribution in [3.63, 3.8) is 0 Å². The number of hydrogen-bond acceptors (Lipinski definition) is 6. The Hall–Kier alpha value is -2.09. The normalized spacial score (nSPS) is 16.1. The first-order chi connectivity index (χ1) is 10.5. The minimum Gasteiger partial charge on any atom is -0.494 e.